The van der Waals surface area contributed by atoms with Crippen molar-refractivity contribution in [1.29, 1.82) is 0 Å². The minimum absolute atomic E-state index is 0.0147. The fraction of sp³-hybridized carbons (Fsp3) is 0.562. The maximum atomic E-state index is 13.4. The summed E-state index contributed by atoms with van der Waals surface area (Å²) in [5.74, 6) is -1.71. The molecule has 0 radical (unpaired) electrons. The fourth-order valence-electron chi connectivity index (χ4n) is 2.68. The lowest BCUT2D eigenvalue weighted by Crippen LogP contribution is -2.36. The van der Waals surface area contributed by atoms with Crippen molar-refractivity contribution in [2.24, 2.45) is 0 Å². The Hall–Kier alpha value is -1.49. The molecular weight excluding hydrogens is 274 g/mol. The molecule has 21 heavy (non-hydrogen) atoms. The van der Waals surface area contributed by atoms with E-state index in [1.54, 1.807) is 0 Å². The van der Waals surface area contributed by atoms with Gasteiger partial charge in [-0.3, -0.25) is 4.79 Å². The van der Waals surface area contributed by atoms with Gasteiger partial charge in [-0.25, -0.2) is 8.78 Å². The van der Waals surface area contributed by atoms with Crippen molar-refractivity contribution in [3.05, 3.63) is 29.8 Å². The molecule has 0 aliphatic heterocycles. The van der Waals surface area contributed by atoms with E-state index in [4.69, 9.17) is 0 Å². The summed E-state index contributed by atoms with van der Waals surface area (Å²) in [6.45, 7) is 0.154. The van der Waals surface area contributed by atoms with Crippen LogP contribution in [0.2, 0.25) is 0 Å². The first-order chi connectivity index (χ1) is 10.1. The number of amides is 1. The van der Waals surface area contributed by atoms with Crippen LogP contribution in [0.15, 0.2) is 18.2 Å². The van der Waals surface area contributed by atoms with E-state index in [0.29, 0.717) is 6.04 Å². The molecule has 1 aromatic carbocycles. The predicted molar refractivity (Wildman–Crippen MR) is 79.1 cm³/mol. The highest BCUT2D eigenvalue weighted by Crippen LogP contribution is 2.17. The number of carbonyl (C=O) groups excluding carboxylic acids is 1. The van der Waals surface area contributed by atoms with Crippen LogP contribution in [0, 0.1) is 11.6 Å². The second kappa shape index (κ2) is 8.08. The van der Waals surface area contributed by atoms with Gasteiger partial charge in [0.15, 0.2) is 0 Å². The van der Waals surface area contributed by atoms with Crippen LogP contribution in [0.5, 0.6) is 0 Å². The second-order valence-corrected chi connectivity index (χ2v) is 5.60. The largest absolute Gasteiger partial charge is 0.322 e. The van der Waals surface area contributed by atoms with E-state index < -0.39 is 11.6 Å². The molecule has 1 aliphatic carbocycles. The molecule has 2 N–H and O–H groups in total. The van der Waals surface area contributed by atoms with Crippen molar-refractivity contribution in [2.75, 3.05) is 11.9 Å². The predicted octanol–water partition coefficient (Wildman–Crippen LogP) is 3.61. The SMILES string of the molecule is O=C(CNC1CCCCCCC1)Nc1ccc(F)cc1F. The van der Waals surface area contributed by atoms with Gasteiger partial charge in [-0.1, -0.05) is 32.1 Å². The summed E-state index contributed by atoms with van der Waals surface area (Å²) >= 11 is 0. The second-order valence-electron chi connectivity index (χ2n) is 5.60. The van der Waals surface area contributed by atoms with E-state index in [-0.39, 0.29) is 18.1 Å². The summed E-state index contributed by atoms with van der Waals surface area (Å²) in [6.07, 6.45) is 8.35. The molecule has 0 unspecified atom stereocenters. The van der Waals surface area contributed by atoms with E-state index in [1.807, 2.05) is 0 Å². The molecule has 1 saturated carbocycles. The van der Waals surface area contributed by atoms with Gasteiger partial charge in [0.1, 0.15) is 11.6 Å². The summed E-state index contributed by atoms with van der Waals surface area (Å²) in [7, 11) is 0. The number of anilines is 1. The first-order valence-corrected chi connectivity index (χ1v) is 7.63. The summed E-state index contributed by atoms with van der Waals surface area (Å²) in [6, 6.07) is 3.48. The average molecular weight is 296 g/mol. The molecule has 1 amide bonds. The van der Waals surface area contributed by atoms with E-state index >= 15 is 0 Å². The lowest BCUT2D eigenvalue weighted by atomic mass is 9.97. The number of carbonyl (C=O) groups is 1. The molecule has 0 saturated heterocycles. The highest BCUT2D eigenvalue weighted by molar-refractivity contribution is 5.92. The monoisotopic (exact) mass is 296 g/mol. The normalized spacial score (nSPS) is 17.0. The molecule has 116 valence electrons. The van der Waals surface area contributed by atoms with E-state index in [2.05, 4.69) is 10.6 Å². The molecular formula is C16H22F2N2O. The number of hydrogen-bond donors (Lipinski definition) is 2. The van der Waals surface area contributed by atoms with Crippen LogP contribution in [0.25, 0.3) is 0 Å². The van der Waals surface area contributed by atoms with Gasteiger partial charge in [0.05, 0.1) is 12.2 Å². The van der Waals surface area contributed by atoms with Crippen molar-refractivity contribution < 1.29 is 13.6 Å². The minimum atomic E-state index is -0.755. The van der Waals surface area contributed by atoms with Crippen LogP contribution in [0.3, 0.4) is 0 Å². The van der Waals surface area contributed by atoms with Crippen LogP contribution in [-0.2, 0) is 4.79 Å². The van der Waals surface area contributed by atoms with Gasteiger partial charge in [0.2, 0.25) is 5.91 Å². The van der Waals surface area contributed by atoms with Gasteiger partial charge in [0, 0.05) is 12.1 Å². The summed E-state index contributed by atoms with van der Waals surface area (Å²) in [4.78, 5) is 11.8. The van der Waals surface area contributed by atoms with Gasteiger partial charge in [-0.2, -0.15) is 0 Å². The Morgan fingerprint density at radius 1 is 1.10 bits per heavy atom. The molecule has 1 fully saturated rings. The van der Waals surface area contributed by atoms with E-state index in [1.165, 1.54) is 38.2 Å². The molecule has 2 rings (SSSR count). The Bertz CT molecular complexity index is 471. The van der Waals surface area contributed by atoms with Gasteiger partial charge in [-0.05, 0) is 25.0 Å². The highest BCUT2D eigenvalue weighted by atomic mass is 19.1. The highest BCUT2D eigenvalue weighted by Gasteiger charge is 2.13. The molecule has 0 aromatic heterocycles. The number of rotatable bonds is 4. The first kappa shape index (κ1) is 15.9. The smallest absolute Gasteiger partial charge is 0.238 e. The van der Waals surface area contributed by atoms with Crippen molar-refractivity contribution >= 4 is 11.6 Å². The van der Waals surface area contributed by atoms with Crippen molar-refractivity contribution in [3.8, 4) is 0 Å². The molecule has 3 nitrogen and oxygen atoms in total. The van der Waals surface area contributed by atoms with Crippen LogP contribution in [-0.4, -0.2) is 18.5 Å². The van der Waals surface area contributed by atoms with Crippen LogP contribution < -0.4 is 10.6 Å². The standard InChI is InChI=1S/C16H22F2N2O/c17-12-8-9-15(14(18)10-12)20-16(21)11-19-13-6-4-2-1-3-5-7-13/h8-10,13,19H,1-7,11H2,(H,20,21). The Morgan fingerprint density at radius 3 is 2.43 bits per heavy atom. The van der Waals surface area contributed by atoms with Gasteiger partial charge in [-0.15, -0.1) is 0 Å². The van der Waals surface area contributed by atoms with Crippen molar-refractivity contribution in [1.82, 2.24) is 5.32 Å². The van der Waals surface area contributed by atoms with Gasteiger partial charge < -0.3 is 10.6 Å². The summed E-state index contributed by atoms with van der Waals surface area (Å²) in [5, 5.41) is 5.69. The lowest BCUT2D eigenvalue weighted by molar-refractivity contribution is -0.115. The Morgan fingerprint density at radius 2 is 1.76 bits per heavy atom. The lowest BCUT2D eigenvalue weighted by Gasteiger charge is -2.20. The summed E-state index contributed by atoms with van der Waals surface area (Å²) < 4.78 is 26.2. The topological polar surface area (TPSA) is 41.1 Å². The molecule has 1 aromatic rings. The maximum absolute atomic E-state index is 13.4. The Balaban J connectivity index is 1.78. The quantitative estimate of drug-likeness (QED) is 0.891. The molecule has 1 aliphatic rings. The van der Waals surface area contributed by atoms with Crippen molar-refractivity contribution in [2.45, 2.75) is 51.0 Å². The zero-order valence-electron chi connectivity index (χ0n) is 12.1. The third-order valence-electron chi connectivity index (χ3n) is 3.86. The summed E-state index contributed by atoms with van der Waals surface area (Å²) in [5.41, 5.74) is 0.0147. The van der Waals surface area contributed by atoms with Crippen LogP contribution in [0.1, 0.15) is 44.9 Å². The Kier molecular flexibility index (Phi) is 6.11. The molecule has 0 heterocycles. The number of nitrogens with one attached hydrogen (secondary N) is 2. The maximum Gasteiger partial charge on any atom is 0.238 e. The van der Waals surface area contributed by atoms with Crippen LogP contribution >= 0.6 is 0 Å². The third-order valence-corrected chi connectivity index (χ3v) is 3.86. The van der Waals surface area contributed by atoms with E-state index in [9.17, 15) is 13.6 Å². The molecule has 5 heteroatoms. The minimum Gasteiger partial charge on any atom is -0.322 e. The van der Waals surface area contributed by atoms with Gasteiger partial charge >= 0.3 is 0 Å². The van der Waals surface area contributed by atoms with Gasteiger partial charge in [0.25, 0.3) is 0 Å². The Labute approximate surface area is 124 Å². The zero-order chi connectivity index (χ0) is 15.1. The third kappa shape index (κ3) is 5.42. The number of hydrogen-bond acceptors (Lipinski definition) is 2. The average Bonchev–Trinajstić information content (AvgIpc) is 2.41. The zero-order valence-corrected chi connectivity index (χ0v) is 12.1. The van der Waals surface area contributed by atoms with E-state index in [0.717, 1.165) is 25.0 Å². The van der Waals surface area contributed by atoms with Crippen molar-refractivity contribution in [3.63, 3.8) is 0 Å². The van der Waals surface area contributed by atoms with Crippen LogP contribution in [0.4, 0.5) is 14.5 Å². The molecule has 0 bridgehead atoms. The molecule has 0 spiro atoms. The fourth-order valence-corrected chi connectivity index (χ4v) is 2.68. The molecule has 0 atom stereocenters. The number of halogens is 2. The first-order valence-electron chi connectivity index (χ1n) is 7.63. The number of benzene rings is 1.